The Morgan fingerprint density at radius 1 is 1.29 bits per heavy atom. The highest BCUT2D eigenvalue weighted by Crippen LogP contribution is 2.39. The number of hydrogen-bond acceptors (Lipinski definition) is 2. The Bertz CT molecular complexity index is 414. The number of nitrogens with zero attached hydrogens (tertiary/aromatic N) is 1. The molecule has 0 heterocycles. The molecule has 1 saturated carbocycles. The van der Waals surface area contributed by atoms with Crippen LogP contribution in [-0.2, 0) is 0 Å². The number of anilines is 2. The summed E-state index contributed by atoms with van der Waals surface area (Å²) in [6.45, 7) is 5.43. The van der Waals surface area contributed by atoms with Crippen molar-refractivity contribution in [2.24, 2.45) is 5.92 Å². The highest BCUT2D eigenvalue weighted by Gasteiger charge is 2.30. The van der Waals surface area contributed by atoms with E-state index in [1.165, 1.54) is 12.8 Å². The third-order valence-electron chi connectivity index (χ3n) is 2.93. The minimum atomic E-state index is 0.521. The van der Waals surface area contributed by atoms with Crippen molar-refractivity contribution in [1.82, 2.24) is 0 Å². The molecule has 0 radical (unpaired) electrons. The van der Waals surface area contributed by atoms with Crippen molar-refractivity contribution in [3.8, 4) is 0 Å². The maximum absolute atomic E-state index is 6.08. The van der Waals surface area contributed by atoms with Crippen molar-refractivity contribution in [3.05, 3.63) is 22.2 Å². The van der Waals surface area contributed by atoms with Gasteiger partial charge in [-0.05, 0) is 30.9 Å². The van der Waals surface area contributed by atoms with E-state index in [9.17, 15) is 0 Å². The largest absolute Gasteiger partial charge is 0.397 e. The van der Waals surface area contributed by atoms with Crippen LogP contribution in [0.25, 0.3) is 0 Å². The average Bonchev–Trinajstić information content (AvgIpc) is 3.04. The van der Waals surface area contributed by atoms with Gasteiger partial charge in [-0.2, -0.15) is 0 Å². The first-order valence-electron chi connectivity index (χ1n) is 6.00. The Morgan fingerprint density at radius 2 is 1.88 bits per heavy atom. The molecule has 4 heteroatoms. The molecule has 2 N–H and O–H groups in total. The summed E-state index contributed by atoms with van der Waals surface area (Å²) in [5, 5.41) is 1.10. The van der Waals surface area contributed by atoms with Gasteiger partial charge in [-0.25, -0.2) is 0 Å². The number of hydrogen-bond donors (Lipinski definition) is 1. The average molecular weight is 273 g/mol. The first kappa shape index (κ1) is 12.8. The van der Waals surface area contributed by atoms with Crippen molar-refractivity contribution >= 4 is 34.6 Å². The van der Waals surface area contributed by atoms with Crippen molar-refractivity contribution in [2.45, 2.75) is 32.7 Å². The van der Waals surface area contributed by atoms with Gasteiger partial charge in [-0.1, -0.05) is 37.0 Å². The molecule has 94 valence electrons. The van der Waals surface area contributed by atoms with Crippen LogP contribution in [0.2, 0.25) is 10.0 Å². The molecule has 0 spiro atoms. The van der Waals surface area contributed by atoms with Gasteiger partial charge in [0.05, 0.1) is 21.4 Å². The summed E-state index contributed by atoms with van der Waals surface area (Å²) in [7, 11) is 0. The Hall–Kier alpha value is -0.600. The lowest BCUT2D eigenvalue weighted by Crippen LogP contribution is -2.30. The van der Waals surface area contributed by atoms with Crippen molar-refractivity contribution in [3.63, 3.8) is 0 Å². The molecular formula is C13H18Cl2N2. The van der Waals surface area contributed by atoms with Gasteiger partial charge in [0.1, 0.15) is 0 Å². The maximum atomic E-state index is 6.08. The van der Waals surface area contributed by atoms with Crippen LogP contribution < -0.4 is 10.6 Å². The van der Waals surface area contributed by atoms with Gasteiger partial charge in [0, 0.05) is 12.6 Å². The van der Waals surface area contributed by atoms with Gasteiger partial charge in [0.15, 0.2) is 0 Å². The lowest BCUT2D eigenvalue weighted by Gasteiger charge is -2.28. The summed E-state index contributed by atoms with van der Waals surface area (Å²) in [5.74, 6) is 0.601. The Morgan fingerprint density at radius 3 is 2.41 bits per heavy atom. The fourth-order valence-electron chi connectivity index (χ4n) is 2.02. The molecule has 2 nitrogen and oxygen atoms in total. The minimum absolute atomic E-state index is 0.521. The fraction of sp³-hybridized carbons (Fsp3) is 0.538. The number of benzene rings is 1. The van der Waals surface area contributed by atoms with Crippen LogP contribution in [0, 0.1) is 5.92 Å². The summed E-state index contributed by atoms with van der Waals surface area (Å²) < 4.78 is 0. The standard InChI is InChI=1S/C13H18Cl2N2/c1-8(2)7-17(9-3-4-9)13-6-11(15)10(14)5-12(13)16/h5-6,8-9H,3-4,7,16H2,1-2H3. The van der Waals surface area contributed by atoms with E-state index in [1.807, 2.05) is 6.07 Å². The molecular weight excluding hydrogens is 255 g/mol. The number of rotatable bonds is 4. The Labute approximate surface area is 113 Å². The zero-order chi connectivity index (χ0) is 12.6. The molecule has 0 unspecified atom stereocenters. The second-order valence-electron chi connectivity index (χ2n) is 5.10. The maximum Gasteiger partial charge on any atom is 0.0618 e. The van der Waals surface area contributed by atoms with E-state index in [4.69, 9.17) is 28.9 Å². The van der Waals surface area contributed by atoms with Crippen LogP contribution in [0.15, 0.2) is 12.1 Å². The molecule has 0 bridgehead atoms. The Balaban J connectivity index is 2.31. The summed E-state index contributed by atoms with van der Waals surface area (Å²) in [4.78, 5) is 2.36. The number of nitrogen functional groups attached to an aromatic ring is 1. The van der Waals surface area contributed by atoms with E-state index >= 15 is 0 Å². The third-order valence-corrected chi connectivity index (χ3v) is 3.65. The van der Waals surface area contributed by atoms with Crippen LogP contribution in [0.5, 0.6) is 0 Å². The minimum Gasteiger partial charge on any atom is -0.397 e. The van der Waals surface area contributed by atoms with Crippen LogP contribution in [0.3, 0.4) is 0 Å². The van der Waals surface area contributed by atoms with Crippen LogP contribution in [-0.4, -0.2) is 12.6 Å². The lowest BCUT2D eigenvalue weighted by atomic mass is 10.1. The lowest BCUT2D eigenvalue weighted by molar-refractivity contribution is 0.608. The molecule has 1 aliphatic rings. The van der Waals surface area contributed by atoms with E-state index in [0.29, 0.717) is 27.7 Å². The van der Waals surface area contributed by atoms with Gasteiger partial charge in [0.2, 0.25) is 0 Å². The monoisotopic (exact) mass is 272 g/mol. The van der Waals surface area contributed by atoms with Crippen LogP contribution in [0.1, 0.15) is 26.7 Å². The smallest absolute Gasteiger partial charge is 0.0618 e. The topological polar surface area (TPSA) is 29.3 Å². The van der Waals surface area contributed by atoms with E-state index in [2.05, 4.69) is 18.7 Å². The van der Waals surface area contributed by atoms with Crippen molar-refractivity contribution in [1.29, 1.82) is 0 Å². The van der Waals surface area contributed by atoms with Crippen LogP contribution in [0.4, 0.5) is 11.4 Å². The molecule has 17 heavy (non-hydrogen) atoms. The first-order valence-corrected chi connectivity index (χ1v) is 6.75. The predicted molar refractivity (Wildman–Crippen MR) is 76.1 cm³/mol. The molecule has 0 atom stereocenters. The molecule has 0 amide bonds. The van der Waals surface area contributed by atoms with Gasteiger partial charge in [-0.15, -0.1) is 0 Å². The second-order valence-corrected chi connectivity index (χ2v) is 5.92. The SMILES string of the molecule is CC(C)CN(c1cc(Cl)c(Cl)cc1N)C1CC1. The van der Waals surface area contributed by atoms with E-state index in [1.54, 1.807) is 6.07 Å². The fourth-order valence-corrected chi connectivity index (χ4v) is 2.35. The highest BCUT2D eigenvalue weighted by molar-refractivity contribution is 6.42. The van der Waals surface area contributed by atoms with Crippen LogP contribution >= 0.6 is 23.2 Å². The number of halogens is 2. The van der Waals surface area contributed by atoms with E-state index in [0.717, 1.165) is 12.2 Å². The third kappa shape index (κ3) is 2.99. The molecule has 0 aromatic heterocycles. The molecule has 1 aliphatic carbocycles. The Kier molecular flexibility index (Phi) is 3.74. The molecule has 0 aliphatic heterocycles. The highest BCUT2D eigenvalue weighted by atomic mass is 35.5. The number of nitrogens with two attached hydrogens (primary N) is 1. The first-order chi connectivity index (χ1) is 7.99. The summed E-state index contributed by atoms with van der Waals surface area (Å²) in [6.07, 6.45) is 2.48. The van der Waals surface area contributed by atoms with Gasteiger partial charge in [-0.3, -0.25) is 0 Å². The molecule has 2 rings (SSSR count). The quantitative estimate of drug-likeness (QED) is 0.833. The zero-order valence-electron chi connectivity index (χ0n) is 10.2. The van der Waals surface area contributed by atoms with Gasteiger partial charge in [0.25, 0.3) is 0 Å². The predicted octanol–water partition coefficient (Wildman–Crippen LogP) is 4.20. The normalized spacial score (nSPS) is 15.4. The molecule has 1 fully saturated rings. The summed E-state index contributed by atoms with van der Waals surface area (Å²) in [6, 6.07) is 4.26. The second kappa shape index (κ2) is 4.95. The van der Waals surface area contributed by atoms with Crippen molar-refractivity contribution < 1.29 is 0 Å². The zero-order valence-corrected chi connectivity index (χ0v) is 11.7. The summed E-state index contributed by atoms with van der Waals surface area (Å²) >= 11 is 12.0. The van der Waals surface area contributed by atoms with E-state index < -0.39 is 0 Å². The van der Waals surface area contributed by atoms with E-state index in [-0.39, 0.29) is 0 Å². The molecule has 0 saturated heterocycles. The molecule has 1 aromatic rings. The van der Waals surface area contributed by atoms with Crippen molar-refractivity contribution in [2.75, 3.05) is 17.2 Å². The van der Waals surface area contributed by atoms with Gasteiger partial charge >= 0.3 is 0 Å². The van der Waals surface area contributed by atoms with Gasteiger partial charge < -0.3 is 10.6 Å². The summed E-state index contributed by atoms with van der Waals surface area (Å²) in [5.41, 5.74) is 7.79. The molecule has 1 aromatic carbocycles.